The average Bonchev–Trinajstić information content (AvgIpc) is 3.18. The highest BCUT2D eigenvalue weighted by atomic mass is 32.1. The second-order valence-electron chi connectivity index (χ2n) is 7.16. The summed E-state index contributed by atoms with van der Waals surface area (Å²) < 4.78 is 30.1. The minimum absolute atomic E-state index is 0.0328. The van der Waals surface area contributed by atoms with Crippen molar-refractivity contribution in [2.45, 2.75) is 32.6 Å². The molecule has 2 aromatic rings. The van der Waals surface area contributed by atoms with Crippen LogP contribution in [0.5, 0.6) is 0 Å². The topological polar surface area (TPSA) is 89.1 Å². The van der Waals surface area contributed by atoms with E-state index in [2.05, 4.69) is 26.9 Å². The highest BCUT2D eigenvalue weighted by molar-refractivity contribution is 7.17. The Morgan fingerprint density at radius 3 is 2.58 bits per heavy atom. The summed E-state index contributed by atoms with van der Waals surface area (Å²) in [6.07, 6.45) is 8.06. The number of hydrogen-bond acceptors (Lipinski definition) is 6. The van der Waals surface area contributed by atoms with Gasteiger partial charge in [0.15, 0.2) is 11.5 Å². The summed E-state index contributed by atoms with van der Waals surface area (Å²) >= 11 is 0.837. The molecule has 1 amide bonds. The molecule has 0 aliphatic carbocycles. The van der Waals surface area contributed by atoms with Gasteiger partial charge in [-0.15, -0.1) is 0 Å². The van der Waals surface area contributed by atoms with Gasteiger partial charge in [-0.1, -0.05) is 36.8 Å². The first kappa shape index (κ1) is 22.7. The monoisotopic (exact) mass is 448 g/mol. The molecule has 2 aromatic heterocycles. The van der Waals surface area contributed by atoms with E-state index in [0.29, 0.717) is 5.69 Å². The molecule has 0 spiro atoms. The number of aryl methyl sites for hydroxylation is 1. The predicted octanol–water partition coefficient (Wildman–Crippen LogP) is 4.83. The van der Waals surface area contributed by atoms with Crippen molar-refractivity contribution in [3.05, 3.63) is 47.3 Å². The number of nitrogens with one attached hydrogen (secondary N) is 1. The van der Waals surface area contributed by atoms with Crippen LogP contribution in [0.1, 0.15) is 48.1 Å². The molecule has 1 aliphatic heterocycles. The number of anilines is 3. The molecule has 31 heavy (non-hydrogen) atoms. The molecule has 3 rings (SSSR count). The summed E-state index contributed by atoms with van der Waals surface area (Å²) in [6.45, 7) is 6.52. The molecular weight excluding hydrogens is 422 g/mol. The summed E-state index contributed by atoms with van der Waals surface area (Å²) in [4.78, 5) is 19.2. The highest BCUT2D eigenvalue weighted by Gasteiger charge is 2.25. The fraction of sp³-hybridized carbons (Fsp3) is 0.381. The molecule has 1 fully saturated rings. The van der Waals surface area contributed by atoms with Crippen LogP contribution in [-0.2, 0) is 7.05 Å². The zero-order chi connectivity index (χ0) is 22.5. The van der Waals surface area contributed by atoms with Crippen molar-refractivity contribution in [3.63, 3.8) is 0 Å². The molecule has 0 unspecified atom stereocenters. The van der Waals surface area contributed by atoms with Gasteiger partial charge in [0.25, 0.3) is 5.91 Å². The fourth-order valence-electron chi connectivity index (χ4n) is 3.52. The van der Waals surface area contributed by atoms with Crippen molar-refractivity contribution < 1.29 is 13.6 Å². The number of nitrogens with two attached hydrogens (primary N) is 1. The molecule has 0 atom stereocenters. The maximum absolute atomic E-state index is 14.2. The lowest BCUT2D eigenvalue weighted by molar-refractivity contribution is 0.102. The van der Waals surface area contributed by atoms with Gasteiger partial charge in [0.1, 0.15) is 27.3 Å². The average molecular weight is 449 g/mol. The first-order chi connectivity index (χ1) is 14.9. The largest absolute Gasteiger partial charge is 0.389 e. The second-order valence-corrected chi connectivity index (χ2v) is 8.19. The van der Waals surface area contributed by atoms with E-state index in [1.807, 2.05) is 7.05 Å². The zero-order valence-electron chi connectivity index (χ0n) is 17.6. The van der Waals surface area contributed by atoms with Gasteiger partial charge < -0.3 is 16.0 Å². The van der Waals surface area contributed by atoms with E-state index in [-0.39, 0.29) is 21.3 Å². The maximum Gasteiger partial charge on any atom is 0.277 e. The number of hydrogen-bond donors (Lipinski definition) is 2. The third-order valence-electron chi connectivity index (χ3n) is 5.05. The van der Waals surface area contributed by atoms with Crippen LogP contribution in [0.25, 0.3) is 5.57 Å². The third-order valence-corrected chi connectivity index (χ3v) is 5.96. The molecule has 0 saturated carbocycles. The number of allylic oxidation sites excluding steroid dienone is 5. The van der Waals surface area contributed by atoms with E-state index in [9.17, 15) is 13.6 Å². The van der Waals surface area contributed by atoms with Gasteiger partial charge in [0, 0.05) is 20.1 Å². The van der Waals surface area contributed by atoms with E-state index in [1.165, 1.54) is 19.8 Å². The number of nitrogen functional groups attached to an aromatic ring is 1. The number of nitrogens with zero attached hydrogens (tertiary/aromatic N) is 4. The first-order valence-electron chi connectivity index (χ1n) is 10.1. The summed E-state index contributed by atoms with van der Waals surface area (Å²) in [5, 5.41) is 7.11. The Morgan fingerprint density at radius 2 is 1.97 bits per heavy atom. The van der Waals surface area contributed by atoms with Crippen molar-refractivity contribution in [2.24, 2.45) is 7.05 Å². The van der Waals surface area contributed by atoms with Crippen molar-refractivity contribution in [1.29, 1.82) is 0 Å². The van der Waals surface area contributed by atoms with Crippen LogP contribution >= 0.6 is 11.3 Å². The van der Waals surface area contributed by atoms with Crippen LogP contribution in [0.4, 0.5) is 25.3 Å². The fourth-order valence-corrected chi connectivity index (χ4v) is 4.40. The standard InChI is InChI=1S/C21H26F2N6OS/c1-4-13(22)16(14(23)5-2)20-27-17(18(24)31-20)19(30)26-15-12-25-28(3)21(15)29-10-8-6-7-9-11-29/h4-5,12H,1,6-11,24H2,2-3H3,(H,26,30)/b14-5+,16-13-. The van der Waals surface area contributed by atoms with Crippen molar-refractivity contribution in [2.75, 3.05) is 29.0 Å². The first-order valence-corrected chi connectivity index (χ1v) is 10.9. The van der Waals surface area contributed by atoms with Crippen LogP contribution in [0.3, 0.4) is 0 Å². The van der Waals surface area contributed by atoms with Gasteiger partial charge in [-0.05, 0) is 25.8 Å². The third kappa shape index (κ3) is 4.84. The highest BCUT2D eigenvalue weighted by Crippen LogP contribution is 2.35. The lowest BCUT2D eigenvalue weighted by Gasteiger charge is -2.23. The Balaban J connectivity index is 1.90. The molecular formula is C21H26F2N6OS. The minimum atomic E-state index is -0.882. The summed E-state index contributed by atoms with van der Waals surface area (Å²) in [7, 11) is 1.82. The molecule has 1 aliphatic rings. The summed E-state index contributed by atoms with van der Waals surface area (Å²) in [5.74, 6) is -1.45. The van der Waals surface area contributed by atoms with E-state index in [0.717, 1.165) is 55.2 Å². The zero-order valence-corrected chi connectivity index (χ0v) is 18.4. The number of carbonyl (C=O) groups excluding carboxylic acids is 1. The molecule has 10 heteroatoms. The van der Waals surface area contributed by atoms with Gasteiger partial charge in [-0.2, -0.15) is 5.10 Å². The van der Waals surface area contributed by atoms with E-state index in [4.69, 9.17) is 5.73 Å². The Hall–Kier alpha value is -3.01. The van der Waals surface area contributed by atoms with Crippen LogP contribution in [0, 0.1) is 0 Å². The van der Waals surface area contributed by atoms with E-state index < -0.39 is 17.6 Å². The number of aromatic nitrogens is 3. The Morgan fingerprint density at radius 1 is 1.29 bits per heavy atom. The van der Waals surface area contributed by atoms with Gasteiger partial charge in [-0.3, -0.25) is 9.48 Å². The summed E-state index contributed by atoms with van der Waals surface area (Å²) in [6, 6.07) is 0. The Kier molecular flexibility index (Phi) is 7.21. The summed E-state index contributed by atoms with van der Waals surface area (Å²) in [5.41, 5.74) is 6.04. The normalized spacial score (nSPS) is 16.0. The number of carbonyl (C=O) groups is 1. The van der Waals surface area contributed by atoms with Gasteiger partial charge in [0.05, 0.1) is 11.8 Å². The van der Waals surface area contributed by atoms with E-state index in [1.54, 1.807) is 10.9 Å². The lowest BCUT2D eigenvalue weighted by Crippen LogP contribution is -2.27. The number of amides is 1. The molecule has 3 heterocycles. The number of thiazole rings is 1. The maximum atomic E-state index is 14.2. The molecule has 3 N–H and O–H groups in total. The quantitative estimate of drug-likeness (QED) is 0.618. The van der Waals surface area contributed by atoms with Gasteiger partial charge in [-0.25, -0.2) is 13.8 Å². The predicted molar refractivity (Wildman–Crippen MR) is 121 cm³/mol. The number of rotatable bonds is 6. The van der Waals surface area contributed by atoms with Crippen LogP contribution < -0.4 is 16.0 Å². The van der Waals surface area contributed by atoms with Crippen molar-refractivity contribution in [3.8, 4) is 0 Å². The van der Waals surface area contributed by atoms with Crippen molar-refractivity contribution >= 4 is 39.3 Å². The molecule has 0 aromatic carbocycles. The molecule has 7 nitrogen and oxygen atoms in total. The van der Waals surface area contributed by atoms with Crippen molar-refractivity contribution in [1.82, 2.24) is 14.8 Å². The Bertz CT molecular complexity index is 1030. The lowest BCUT2D eigenvalue weighted by atomic mass is 10.2. The number of halogens is 2. The molecule has 0 radical (unpaired) electrons. The molecule has 166 valence electrons. The second kappa shape index (κ2) is 9.86. The molecule has 0 bridgehead atoms. The Labute approximate surface area is 183 Å². The van der Waals surface area contributed by atoms with Crippen LogP contribution in [0.2, 0.25) is 0 Å². The minimum Gasteiger partial charge on any atom is -0.389 e. The van der Waals surface area contributed by atoms with Crippen LogP contribution in [0.15, 0.2) is 36.6 Å². The van der Waals surface area contributed by atoms with Gasteiger partial charge in [0.2, 0.25) is 0 Å². The van der Waals surface area contributed by atoms with Gasteiger partial charge >= 0.3 is 0 Å². The SMILES string of the molecule is C=C/C(F)=C(\C(F)=C/C)c1nc(C(=O)Nc2cnn(C)c2N2CCCCCC2)c(N)s1. The van der Waals surface area contributed by atoms with Crippen LogP contribution in [-0.4, -0.2) is 33.8 Å². The molecule has 1 saturated heterocycles. The van der Waals surface area contributed by atoms with E-state index >= 15 is 0 Å². The smallest absolute Gasteiger partial charge is 0.277 e.